The Bertz CT molecular complexity index is 965. The summed E-state index contributed by atoms with van der Waals surface area (Å²) in [6.45, 7) is 0.643. The summed E-state index contributed by atoms with van der Waals surface area (Å²) < 4.78 is 20.7. The summed E-state index contributed by atoms with van der Waals surface area (Å²) in [4.78, 5) is 21.0. The van der Waals surface area contributed by atoms with Gasteiger partial charge in [-0.1, -0.05) is 0 Å². The van der Waals surface area contributed by atoms with Crippen LogP contribution in [0.15, 0.2) is 41.5 Å². The molecule has 31 heavy (non-hydrogen) atoms. The standard InChI is InChI=1S/C18H20N4O9/c1-28-7-9-30-17-5-3-13(21(24)25)11-15(17)19-20(23)16-12-14(22(26)27)4-6-18(16)31-10-8-29-2/h3-6,11-12H,7-10H2,1-2H3. The molecule has 0 radical (unpaired) electrons. The number of ether oxygens (including phenoxy) is 4. The Morgan fingerprint density at radius 3 is 1.84 bits per heavy atom. The lowest BCUT2D eigenvalue weighted by Crippen LogP contribution is -2.07. The Balaban J connectivity index is 2.50. The van der Waals surface area contributed by atoms with Crippen LogP contribution in [0, 0.1) is 25.4 Å². The predicted octanol–water partition coefficient (Wildman–Crippen LogP) is 3.48. The number of hydrogen-bond acceptors (Lipinski definition) is 10. The topological polar surface area (TPSA) is 162 Å². The third-order valence-electron chi connectivity index (χ3n) is 3.80. The van der Waals surface area contributed by atoms with Gasteiger partial charge in [-0.2, -0.15) is 0 Å². The molecule has 0 aliphatic rings. The van der Waals surface area contributed by atoms with E-state index in [1.807, 2.05) is 0 Å². The van der Waals surface area contributed by atoms with E-state index in [-0.39, 0.29) is 65.5 Å². The van der Waals surface area contributed by atoms with E-state index in [1.54, 1.807) is 0 Å². The lowest BCUT2D eigenvalue weighted by molar-refractivity contribution is -0.437. The number of hydrogen-bond donors (Lipinski definition) is 0. The average Bonchev–Trinajstić information content (AvgIpc) is 2.74. The van der Waals surface area contributed by atoms with Crippen molar-refractivity contribution in [2.45, 2.75) is 0 Å². The van der Waals surface area contributed by atoms with Crippen LogP contribution in [-0.2, 0) is 9.47 Å². The maximum Gasteiger partial charge on any atom is 0.293 e. The number of benzene rings is 2. The number of azo groups is 1. The SMILES string of the molecule is COCCOc1ccc([N+](=O)[O-])cc1N=[N+]([O-])c1cc([N+](=O)[O-])ccc1OCCOC. The molecule has 166 valence electrons. The van der Waals surface area contributed by atoms with E-state index in [0.717, 1.165) is 12.1 Å². The normalized spacial score (nSPS) is 11.2. The van der Waals surface area contributed by atoms with Gasteiger partial charge >= 0.3 is 0 Å². The number of nitro benzene ring substituents is 2. The first-order valence-electron chi connectivity index (χ1n) is 8.86. The van der Waals surface area contributed by atoms with Crippen LogP contribution in [0.3, 0.4) is 0 Å². The van der Waals surface area contributed by atoms with E-state index in [1.165, 1.54) is 38.5 Å². The van der Waals surface area contributed by atoms with Crippen molar-refractivity contribution < 1.29 is 33.7 Å². The Kier molecular flexibility index (Phi) is 8.60. The third-order valence-corrected chi connectivity index (χ3v) is 3.80. The van der Waals surface area contributed by atoms with Crippen molar-refractivity contribution in [3.63, 3.8) is 0 Å². The van der Waals surface area contributed by atoms with Gasteiger partial charge < -0.3 is 24.2 Å². The van der Waals surface area contributed by atoms with Crippen LogP contribution >= 0.6 is 0 Å². The van der Waals surface area contributed by atoms with E-state index in [9.17, 15) is 25.4 Å². The lowest BCUT2D eigenvalue weighted by Gasteiger charge is -2.10. The minimum atomic E-state index is -0.678. The van der Waals surface area contributed by atoms with E-state index in [0.29, 0.717) is 0 Å². The van der Waals surface area contributed by atoms with Gasteiger partial charge in [0.05, 0.1) is 35.2 Å². The van der Waals surface area contributed by atoms with Gasteiger partial charge in [0.1, 0.15) is 13.2 Å². The van der Waals surface area contributed by atoms with Gasteiger partial charge in [0, 0.05) is 31.5 Å². The van der Waals surface area contributed by atoms with Crippen molar-refractivity contribution in [1.82, 2.24) is 0 Å². The molecular formula is C18H20N4O9. The minimum absolute atomic E-state index is 0.0219. The Hall–Kier alpha value is -3.84. The zero-order valence-corrected chi connectivity index (χ0v) is 16.8. The molecule has 0 spiro atoms. The molecule has 13 heteroatoms. The second-order valence-electron chi connectivity index (χ2n) is 5.87. The molecule has 2 aromatic rings. The molecule has 2 rings (SSSR count). The Morgan fingerprint density at radius 2 is 1.29 bits per heavy atom. The zero-order valence-electron chi connectivity index (χ0n) is 16.8. The minimum Gasteiger partial charge on any atom is -0.594 e. The van der Waals surface area contributed by atoms with Gasteiger partial charge in [-0.25, -0.2) is 0 Å². The summed E-state index contributed by atoms with van der Waals surface area (Å²) in [6.07, 6.45) is 0. The average molecular weight is 436 g/mol. The third kappa shape index (κ3) is 6.58. The van der Waals surface area contributed by atoms with Gasteiger partial charge in [-0.3, -0.25) is 20.2 Å². The Labute approximate surface area is 176 Å². The fraction of sp³-hybridized carbons (Fsp3) is 0.333. The van der Waals surface area contributed by atoms with Gasteiger partial charge in [-0.15, -0.1) is 0 Å². The Morgan fingerprint density at radius 1 is 0.774 bits per heavy atom. The highest BCUT2D eigenvalue weighted by molar-refractivity contribution is 5.58. The van der Waals surface area contributed by atoms with Crippen LogP contribution in [0.5, 0.6) is 11.5 Å². The summed E-state index contributed by atoms with van der Waals surface area (Å²) >= 11 is 0. The molecule has 0 aliphatic carbocycles. The summed E-state index contributed by atoms with van der Waals surface area (Å²) in [7, 11) is 2.93. The highest BCUT2D eigenvalue weighted by Gasteiger charge is 2.21. The number of methoxy groups -OCH3 is 2. The van der Waals surface area contributed by atoms with Gasteiger partial charge in [0.25, 0.3) is 17.1 Å². The van der Waals surface area contributed by atoms with Crippen molar-refractivity contribution in [2.24, 2.45) is 5.11 Å². The van der Waals surface area contributed by atoms with Crippen LogP contribution in [0.25, 0.3) is 0 Å². The summed E-state index contributed by atoms with van der Waals surface area (Å²) in [6, 6.07) is 6.96. The maximum absolute atomic E-state index is 12.8. The van der Waals surface area contributed by atoms with Crippen LogP contribution in [0.2, 0.25) is 0 Å². The molecule has 0 bridgehead atoms. The quantitative estimate of drug-likeness (QED) is 0.159. The summed E-state index contributed by atoms with van der Waals surface area (Å²) in [5.74, 6) is 0.115. The van der Waals surface area contributed by atoms with E-state index in [2.05, 4.69) is 5.11 Å². The molecule has 0 aliphatic heterocycles. The van der Waals surface area contributed by atoms with Gasteiger partial charge in [-0.05, 0) is 17.0 Å². The van der Waals surface area contributed by atoms with E-state index in [4.69, 9.17) is 18.9 Å². The molecule has 0 saturated heterocycles. The molecule has 0 amide bonds. The van der Waals surface area contributed by atoms with Crippen LogP contribution in [-0.4, -0.2) is 55.4 Å². The van der Waals surface area contributed by atoms with Gasteiger partial charge in [0.15, 0.2) is 17.2 Å². The molecule has 13 nitrogen and oxygen atoms in total. The molecule has 0 unspecified atom stereocenters. The largest absolute Gasteiger partial charge is 0.594 e. The fourth-order valence-corrected chi connectivity index (χ4v) is 2.33. The number of nitro groups is 2. The van der Waals surface area contributed by atoms with Crippen LogP contribution < -0.4 is 9.47 Å². The molecule has 0 atom stereocenters. The van der Waals surface area contributed by atoms with E-state index < -0.39 is 9.85 Å². The van der Waals surface area contributed by atoms with Crippen LogP contribution in [0.1, 0.15) is 0 Å². The summed E-state index contributed by atoms with van der Waals surface area (Å²) in [5.41, 5.74) is -1.09. The monoisotopic (exact) mass is 436 g/mol. The molecule has 0 heterocycles. The molecule has 0 N–H and O–H groups in total. The van der Waals surface area contributed by atoms with Crippen molar-refractivity contribution in [2.75, 3.05) is 40.6 Å². The summed E-state index contributed by atoms with van der Waals surface area (Å²) in [5, 5.41) is 38.8. The second-order valence-corrected chi connectivity index (χ2v) is 5.87. The van der Waals surface area contributed by atoms with Crippen molar-refractivity contribution in [1.29, 1.82) is 0 Å². The second kappa shape index (κ2) is 11.4. The number of rotatable bonds is 12. The molecule has 0 saturated carbocycles. The predicted molar refractivity (Wildman–Crippen MR) is 106 cm³/mol. The molecule has 0 fully saturated rings. The smallest absolute Gasteiger partial charge is 0.293 e. The van der Waals surface area contributed by atoms with Crippen molar-refractivity contribution >= 4 is 22.7 Å². The first kappa shape index (κ1) is 23.4. The van der Waals surface area contributed by atoms with Crippen LogP contribution in [0.4, 0.5) is 22.7 Å². The number of non-ortho nitro benzene ring substituents is 2. The molecular weight excluding hydrogens is 416 g/mol. The highest BCUT2D eigenvalue weighted by Crippen LogP contribution is 2.36. The highest BCUT2D eigenvalue weighted by atomic mass is 16.6. The fourth-order valence-electron chi connectivity index (χ4n) is 2.33. The van der Waals surface area contributed by atoms with Crippen molar-refractivity contribution in [3.05, 3.63) is 61.8 Å². The maximum atomic E-state index is 12.8. The lowest BCUT2D eigenvalue weighted by atomic mass is 10.2. The zero-order chi connectivity index (χ0) is 22.8. The first-order chi connectivity index (χ1) is 14.9. The first-order valence-corrected chi connectivity index (χ1v) is 8.86. The number of nitrogens with zero attached hydrogens (tertiary/aromatic N) is 4. The van der Waals surface area contributed by atoms with E-state index >= 15 is 0 Å². The molecule has 0 aromatic heterocycles. The molecule has 2 aromatic carbocycles. The van der Waals surface area contributed by atoms with Gasteiger partial charge in [0.2, 0.25) is 0 Å². The van der Waals surface area contributed by atoms with Crippen molar-refractivity contribution in [3.8, 4) is 11.5 Å².